The summed E-state index contributed by atoms with van der Waals surface area (Å²) < 4.78 is 6.39. The number of rotatable bonds is 7. The molecule has 1 unspecified atom stereocenters. The van der Waals surface area contributed by atoms with Crippen LogP contribution in [0.1, 0.15) is 37.2 Å². The summed E-state index contributed by atoms with van der Waals surface area (Å²) in [5.74, 6) is 0.987. The summed E-state index contributed by atoms with van der Waals surface area (Å²) in [5, 5.41) is 2.14. The van der Waals surface area contributed by atoms with Crippen LogP contribution in [0.25, 0.3) is 0 Å². The van der Waals surface area contributed by atoms with E-state index in [4.69, 9.17) is 4.74 Å². The van der Waals surface area contributed by atoms with Gasteiger partial charge in [0.15, 0.2) is 0 Å². The first-order valence-corrected chi connectivity index (χ1v) is 9.88. The fourth-order valence-electron chi connectivity index (χ4n) is 3.11. The van der Waals surface area contributed by atoms with Gasteiger partial charge in [0.1, 0.15) is 11.9 Å². The highest BCUT2D eigenvalue weighted by Crippen LogP contribution is 2.31. The summed E-state index contributed by atoms with van der Waals surface area (Å²) >= 11 is 1.79. The molecule has 0 bridgehead atoms. The normalized spacial score (nSPS) is 17.0. The molecule has 0 amide bonds. The molecule has 2 aromatic rings. The Bertz CT molecular complexity index is 606. The zero-order valence-corrected chi connectivity index (χ0v) is 15.6. The van der Waals surface area contributed by atoms with Crippen molar-refractivity contribution in [2.45, 2.75) is 32.3 Å². The second-order valence-corrected chi connectivity index (χ2v) is 7.53. The van der Waals surface area contributed by atoms with Crippen LogP contribution in [0.4, 0.5) is 5.69 Å². The molecule has 1 saturated heterocycles. The second kappa shape index (κ2) is 8.54. The number of hydrogen-bond acceptors (Lipinski definition) is 4. The third-order valence-electron chi connectivity index (χ3n) is 4.64. The van der Waals surface area contributed by atoms with Crippen LogP contribution in [-0.4, -0.2) is 38.1 Å². The molecule has 1 fully saturated rings. The summed E-state index contributed by atoms with van der Waals surface area (Å²) in [7, 11) is 2.19. The average molecular weight is 345 g/mol. The van der Waals surface area contributed by atoms with Crippen LogP contribution in [-0.2, 0) is 0 Å². The number of ether oxygens (including phenoxy) is 1. The Morgan fingerprint density at radius 2 is 1.96 bits per heavy atom. The van der Waals surface area contributed by atoms with E-state index in [1.54, 1.807) is 11.3 Å². The number of unbranched alkanes of at least 4 members (excludes halogenated alkanes) is 1. The van der Waals surface area contributed by atoms with E-state index in [9.17, 15) is 0 Å². The average Bonchev–Trinajstić information content (AvgIpc) is 3.14. The van der Waals surface area contributed by atoms with Crippen LogP contribution in [0.15, 0.2) is 41.8 Å². The molecule has 2 heterocycles. The van der Waals surface area contributed by atoms with E-state index in [1.165, 1.54) is 23.4 Å². The molecular weight excluding hydrogens is 316 g/mol. The number of benzene rings is 1. The van der Waals surface area contributed by atoms with Gasteiger partial charge in [-0.15, -0.1) is 11.3 Å². The molecule has 0 aliphatic carbocycles. The fourth-order valence-corrected chi connectivity index (χ4v) is 3.89. The first kappa shape index (κ1) is 17.3. The van der Waals surface area contributed by atoms with E-state index in [2.05, 4.69) is 65.5 Å². The minimum atomic E-state index is 0.174. The molecule has 1 aromatic heterocycles. The Hall–Kier alpha value is -1.52. The Balaban J connectivity index is 1.70. The molecular formula is C20H28N2OS. The van der Waals surface area contributed by atoms with Crippen LogP contribution >= 0.6 is 11.3 Å². The van der Waals surface area contributed by atoms with E-state index in [1.807, 2.05) is 0 Å². The predicted octanol–water partition coefficient (Wildman–Crippen LogP) is 4.81. The maximum atomic E-state index is 6.39. The lowest BCUT2D eigenvalue weighted by atomic mass is 10.1. The van der Waals surface area contributed by atoms with E-state index in [0.29, 0.717) is 0 Å². The van der Waals surface area contributed by atoms with Crippen LogP contribution < -0.4 is 9.64 Å². The van der Waals surface area contributed by atoms with Gasteiger partial charge in [0, 0.05) is 42.8 Å². The van der Waals surface area contributed by atoms with Gasteiger partial charge in [-0.05, 0) is 43.5 Å². The standard InChI is InChI=1S/C20H28N2OS/c1-3-4-9-19(20-10-6-15-24-20)23-18-8-5-7-17(16-18)22-13-11-21(2)12-14-22/h5-8,10,15-16,19H,3-4,9,11-14H2,1-2H3. The van der Waals surface area contributed by atoms with Gasteiger partial charge in [-0.3, -0.25) is 0 Å². The van der Waals surface area contributed by atoms with E-state index < -0.39 is 0 Å². The Labute approximate surface area is 149 Å². The Morgan fingerprint density at radius 3 is 2.67 bits per heavy atom. The number of likely N-dealkylation sites (N-methyl/N-ethyl adjacent to an activating group) is 1. The van der Waals surface area contributed by atoms with Gasteiger partial charge in [0.2, 0.25) is 0 Å². The van der Waals surface area contributed by atoms with Crippen molar-refractivity contribution in [1.82, 2.24) is 4.90 Å². The number of hydrogen-bond donors (Lipinski definition) is 0. The van der Waals surface area contributed by atoms with Crippen LogP contribution in [0.3, 0.4) is 0 Å². The van der Waals surface area contributed by atoms with Gasteiger partial charge in [-0.2, -0.15) is 0 Å². The van der Waals surface area contributed by atoms with Crippen molar-refractivity contribution in [3.63, 3.8) is 0 Å². The summed E-state index contributed by atoms with van der Waals surface area (Å²) in [6.45, 7) is 6.66. The van der Waals surface area contributed by atoms with E-state index >= 15 is 0 Å². The number of thiophene rings is 1. The molecule has 0 N–H and O–H groups in total. The fraction of sp³-hybridized carbons (Fsp3) is 0.500. The van der Waals surface area contributed by atoms with Gasteiger partial charge in [-0.25, -0.2) is 0 Å². The van der Waals surface area contributed by atoms with Gasteiger partial charge in [-0.1, -0.05) is 25.5 Å². The quantitative estimate of drug-likeness (QED) is 0.717. The highest BCUT2D eigenvalue weighted by Gasteiger charge is 2.17. The van der Waals surface area contributed by atoms with Gasteiger partial charge in [0.05, 0.1) is 0 Å². The highest BCUT2D eigenvalue weighted by molar-refractivity contribution is 7.10. The van der Waals surface area contributed by atoms with E-state index in [0.717, 1.165) is 38.3 Å². The lowest BCUT2D eigenvalue weighted by Crippen LogP contribution is -2.44. The molecule has 0 spiro atoms. The molecule has 3 nitrogen and oxygen atoms in total. The molecule has 4 heteroatoms. The van der Waals surface area contributed by atoms with Crippen molar-refractivity contribution in [1.29, 1.82) is 0 Å². The molecule has 3 rings (SSSR count). The van der Waals surface area contributed by atoms with Gasteiger partial charge in [0.25, 0.3) is 0 Å². The predicted molar refractivity (Wildman–Crippen MR) is 103 cm³/mol. The summed E-state index contributed by atoms with van der Waals surface area (Å²) in [4.78, 5) is 6.17. The van der Waals surface area contributed by atoms with Crippen LogP contribution in [0, 0.1) is 0 Å². The molecule has 0 saturated carbocycles. The van der Waals surface area contributed by atoms with Crippen molar-refractivity contribution >= 4 is 17.0 Å². The molecule has 1 aliphatic rings. The zero-order chi connectivity index (χ0) is 16.8. The van der Waals surface area contributed by atoms with Crippen molar-refractivity contribution in [2.75, 3.05) is 38.1 Å². The summed E-state index contributed by atoms with van der Waals surface area (Å²) in [5.41, 5.74) is 1.28. The van der Waals surface area contributed by atoms with Crippen molar-refractivity contribution < 1.29 is 4.74 Å². The highest BCUT2D eigenvalue weighted by atomic mass is 32.1. The maximum Gasteiger partial charge on any atom is 0.133 e. The molecule has 24 heavy (non-hydrogen) atoms. The number of anilines is 1. The first-order chi connectivity index (χ1) is 11.8. The molecule has 0 radical (unpaired) electrons. The van der Waals surface area contributed by atoms with Gasteiger partial charge < -0.3 is 14.5 Å². The Morgan fingerprint density at radius 1 is 1.12 bits per heavy atom. The largest absolute Gasteiger partial charge is 0.485 e. The van der Waals surface area contributed by atoms with Crippen molar-refractivity contribution in [2.24, 2.45) is 0 Å². The van der Waals surface area contributed by atoms with Gasteiger partial charge >= 0.3 is 0 Å². The molecule has 130 valence electrons. The lowest BCUT2D eigenvalue weighted by Gasteiger charge is -2.34. The Kier molecular flexibility index (Phi) is 6.16. The van der Waals surface area contributed by atoms with Crippen LogP contribution in [0.5, 0.6) is 5.75 Å². The molecule has 1 aromatic carbocycles. The molecule has 1 atom stereocenters. The van der Waals surface area contributed by atoms with E-state index in [-0.39, 0.29) is 6.10 Å². The third-order valence-corrected chi connectivity index (χ3v) is 5.61. The number of nitrogens with zero attached hydrogens (tertiary/aromatic N) is 2. The SMILES string of the molecule is CCCCC(Oc1cccc(N2CCN(C)CC2)c1)c1cccs1. The number of piperazine rings is 1. The minimum absolute atomic E-state index is 0.174. The minimum Gasteiger partial charge on any atom is -0.485 e. The molecule has 1 aliphatic heterocycles. The first-order valence-electron chi connectivity index (χ1n) is 9.00. The topological polar surface area (TPSA) is 15.7 Å². The summed E-state index contributed by atoms with van der Waals surface area (Å²) in [6, 6.07) is 12.9. The lowest BCUT2D eigenvalue weighted by molar-refractivity contribution is 0.195. The second-order valence-electron chi connectivity index (χ2n) is 6.55. The monoisotopic (exact) mass is 344 g/mol. The zero-order valence-electron chi connectivity index (χ0n) is 14.8. The summed E-state index contributed by atoms with van der Waals surface area (Å²) in [6.07, 6.45) is 3.65. The van der Waals surface area contributed by atoms with Crippen LogP contribution in [0.2, 0.25) is 0 Å². The maximum absolute atomic E-state index is 6.39. The van der Waals surface area contributed by atoms with Crippen molar-refractivity contribution in [3.8, 4) is 5.75 Å². The van der Waals surface area contributed by atoms with Crippen molar-refractivity contribution in [3.05, 3.63) is 46.7 Å². The smallest absolute Gasteiger partial charge is 0.133 e. The third kappa shape index (κ3) is 4.52.